The monoisotopic (exact) mass is 529 g/mol. The second-order valence-corrected chi connectivity index (χ2v) is 9.18. The first-order chi connectivity index (χ1) is 19.0. The Hall–Kier alpha value is -4.66. The van der Waals surface area contributed by atoms with E-state index in [2.05, 4.69) is 22.3 Å². The lowest BCUT2D eigenvalue weighted by Crippen LogP contribution is -2.41. The van der Waals surface area contributed by atoms with Crippen molar-refractivity contribution in [3.05, 3.63) is 89.5 Å². The number of aliphatic imine (C=N–C) groups is 1. The molecule has 3 aromatic rings. The van der Waals surface area contributed by atoms with Gasteiger partial charge in [0.05, 0.1) is 5.69 Å². The van der Waals surface area contributed by atoms with Gasteiger partial charge in [-0.15, -0.1) is 0 Å². The van der Waals surface area contributed by atoms with E-state index >= 15 is 0 Å². The van der Waals surface area contributed by atoms with E-state index in [4.69, 9.17) is 9.47 Å². The van der Waals surface area contributed by atoms with Gasteiger partial charge in [0.1, 0.15) is 19.3 Å². The maximum atomic E-state index is 12.5. The number of amides is 2. The van der Waals surface area contributed by atoms with Crippen molar-refractivity contribution in [3.8, 4) is 11.1 Å². The molecule has 0 unspecified atom stereocenters. The maximum absolute atomic E-state index is 12.5. The Bertz CT molecular complexity index is 1280. The average Bonchev–Trinajstić information content (AvgIpc) is 3.28. The standard InChI is InChI=1S/C30H31N3O6/c1-31-21-15-13-20(14-16-21)18-38-29(36)32-17-7-6-12-27(28(34)35)33-30(37)39-19-26-24-10-4-2-8-22(24)23-9-3-5-11-25(23)26/h2-5,8-11,13-16,26-27H,1,6-7,12,17-19H2,(H,32,36)(H,33,37)(H,34,35)/t27-/m0/s1. The summed E-state index contributed by atoms with van der Waals surface area (Å²) in [6.45, 7) is 3.99. The zero-order valence-electron chi connectivity index (χ0n) is 21.5. The zero-order chi connectivity index (χ0) is 27.6. The van der Waals surface area contributed by atoms with Crippen LogP contribution in [0.15, 0.2) is 77.8 Å². The van der Waals surface area contributed by atoms with Gasteiger partial charge in [0.2, 0.25) is 0 Å². The van der Waals surface area contributed by atoms with Gasteiger partial charge >= 0.3 is 18.2 Å². The molecule has 3 N–H and O–H groups in total. The summed E-state index contributed by atoms with van der Waals surface area (Å²) in [7, 11) is 0. The largest absolute Gasteiger partial charge is 0.480 e. The van der Waals surface area contributed by atoms with E-state index in [1.54, 1.807) is 24.3 Å². The molecule has 1 aliphatic rings. The highest BCUT2D eigenvalue weighted by Crippen LogP contribution is 2.44. The smallest absolute Gasteiger partial charge is 0.407 e. The van der Waals surface area contributed by atoms with Crippen LogP contribution in [-0.4, -0.2) is 49.2 Å². The number of aliphatic carboxylic acids is 1. The highest BCUT2D eigenvalue weighted by Gasteiger charge is 2.29. The maximum Gasteiger partial charge on any atom is 0.407 e. The third-order valence-electron chi connectivity index (χ3n) is 6.61. The molecule has 0 fully saturated rings. The SMILES string of the molecule is C=Nc1ccc(COC(=O)NCCCC[C@H](NC(=O)OCC2c3ccccc3-c3ccccc32)C(=O)O)cc1. The summed E-state index contributed by atoms with van der Waals surface area (Å²) in [4.78, 5) is 39.9. The molecule has 0 saturated heterocycles. The van der Waals surface area contributed by atoms with E-state index in [-0.39, 0.29) is 25.6 Å². The van der Waals surface area contributed by atoms with Crippen molar-refractivity contribution >= 4 is 30.6 Å². The summed E-state index contributed by atoms with van der Waals surface area (Å²) in [6, 6.07) is 22.0. The van der Waals surface area contributed by atoms with E-state index in [1.165, 1.54) is 0 Å². The van der Waals surface area contributed by atoms with Crippen LogP contribution in [0.5, 0.6) is 0 Å². The Morgan fingerprint density at radius 1 is 0.872 bits per heavy atom. The van der Waals surface area contributed by atoms with E-state index in [0.29, 0.717) is 19.4 Å². The molecule has 0 aromatic heterocycles. The number of nitrogens with zero attached hydrogens (tertiary/aromatic N) is 1. The van der Waals surface area contributed by atoms with Crippen molar-refractivity contribution in [2.24, 2.45) is 4.99 Å². The lowest BCUT2D eigenvalue weighted by molar-refractivity contribution is -0.139. The first-order valence-electron chi connectivity index (χ1n) is 12.8. The third-order valence-corrected chi connectivity index (χ3v) is 6.61. The van der Waals surface area contributed by atoms with Crippen LogP contribution in [0.1, 0.15) is 41.9 Å². The minimum absolute atomic E-state index is 0.105. The number of ether oxygens (including phenoxy) is 2. The summed E-state index contributed by atoms with van der Waals surface area (Å²) >= 11 is 0. The van der Waals surface area contributed by atoms with Gasteiger partial charge in [-0.05, 0) is 65.9 Å². The molecule has 202 valence electrons. The van der Waals surface area contributed by atoms with Gasteiger partial charge in [-0.25, -0.2) is 14.4 Å². The molecule has 0 aliphatic heterocycles. The van der Waals surface area contributed by atoms with Crippen molar-refractivity contribution in [3.63, 3.8) is 0 Å². The second kappa shape index (κ2) is 13.2. The molecule has 1 atom stereocenters. The lowest BCUT2D eigenvalue weighted by Gasteiger charge is -2.17. The van der Waals surface area contributed by atoms with Gasteiger partial charge in [-0.3, -0.25) is 4.99 Å². The predicted octanol–water partition coefficient (Wildman–Crippen LogP) is 5.41. The Morgan fingerprint density at radius 3 is 2.13 bits per heavy atom. The van der Waals surface area contributed by atoms with Crippen molar-refractivity contribution in [2.75, 3.05) is 13.2 Å². The average molecular weight is 530 g/mol. The molecule has 0 radical (unpaired) electrons. The molecular formula is C30H31N3O6. The number of benzene rings is 3. The summed E-state index contributed by atoms with van der Waals surface area (Å²) in [5.41, 5.74) is 5.94. The quantitative estimate of drug-likeness (QED) is 0.213. The number of rotatable bonds is 12. The van der Waals surface area contributed by atoms with Crippen molar-refractivity contribution in [2.45, 2.75) is 37.8 Å². The first-order valence-corrected chi connectivity index (χ1v) is 12.8. The summed E-state index contributed by atoms with van der Waals surface area (Å²) in [5, 5.41) is 14.6. The van der Waals surface area contributed by atoms with Gasteiger partial charge in [0.25, 0.3) is 0 Å². The van der Waals surface area contributed by atoms with E-state index in [0.717, 1.165) is 33.5 Å². The van der Waals surface area contributed by atoms with Gasteiger partial charge < -0.3 is 25.2 Å². The van der Waals surface area contributed by atoms with Gasteiger partial charge in [0, 0.05) is 12.5 Å². The second-order valence-electron chi connectivity index (χ2n) is 9.18. The van der Waals surface area contributed by atoms with Crippen molar-refractivity contribution in [1.29, 1.82) is 0 Å². The molecule has 2 amide bonds. The molecule has 0 heterocycles. The topological polar surface area (TPSA) is 126 Å². The summed E-state index contributed by atoms with van der Waals surface area (Å²) < 4.78 is 10.6. The summed E-state index contributed by atoms with van der Waals surface area (Å²) in [6.07, 6.45) is -0.155. The van der Waals surface area contributed by atoms with Crippen LogP contribution in [0.3, 0.4) is 0 Å². The van der Waals surface area contributed by atoms with Gasteiger partial charge in [0.15, 0.2) is 0 Å². The fraction of sp³-hybridized carbons (Fsp3) is 0.267. The molecule has 4 rings (SSSR count). The Balaban J connectivity index is 1.16. The first kappa shape index (κ1) is 27.4. The van der Waals surface area contributed by atoms with E-state index in [1.807, 2.05) is 48.5 Å². The predicted molar refractivity (Wildman–Crippen MR) is 147 cm³/mol. The highest BCUT2D eigenvalue weighted by atomic mass is 16.6. The minimum Gasteiger partial charge on any atom is -0.480 e. The number of nitrogens with one attached hydrogen (secondary N) is 2. The number of carboxylic acids is 1. The minimum atomic E-state index is -1.14. The lowest BCUT2D eigenvalue weighted by atomic mass is 9.98. The number of hydrogen-bond donors (Lipinski definition) is 3. The Kier molecular flexibility index (Phi) is 9.29. The van der Waals surface area contributed by atoms with E-state index in [9.17, 15) is 19.5 Å². The number of fused-ring (bicyclic) bond motifs is 3. The molecule has 0 bridgehead atoms. The van der Waals surface area contributed by atoms with Crippen LogP contribution in [0.4, 0.5) is 15.3 Å². The van der Waals surface area contributed by atoms with Crippen LogP contribution in [0, 0.1) is 0 Å². The van der Waals surface area contributed by atoms with Crippen LogP contribution < -0.4 is 10.6 Å². The zero-order valence-corrected chi connectivity index (χ0v) is 21.5. The molecule has 39 heavy (non-hydrogen) atoms. The highest BCUT2D eigenvalue weighted by molar-refractivity contribution is 5.81. The van der Waals surface area contributed by atoms with Crippen molar-refractivity contribution < 1.29 is 29.0 Å². The number of carboxylic acid groups (broad SMARTS) is 1. The van der Waals surface area contributed by atoms with Crippen LogP contribution in [0.25, 0.3) is 11.1 Å². The third kappa shape index (κ3) is 7.22. The Labute approximate surface area is 226 Å². The number of alkyl carbamates (subject to hydrolysis) is 2. The molecule has 3 aromatic carbocycles. The molecular weight excluding hydrogens is 498 g/mol. The number of hydrogen-bond acceptors (Lipinski definition) is 6. The van der Waals surface area contributed by atoms with Gasteiger partial charge in [-0.1, -0.05) is 60.7 Å². The molecule has 9 nitrogen and oxygen atoms in total. The number of carbonyl (C=O) groups is 3. The fourth-order valence-corrected chi connectivity index (χ4v) is 4.60. The normalized spacial score (nSPS) is 12.5. The number of unbranched alkanes of at least 4 members (excludes halogenated alkanes) is 1. The fourth-order valence-electron chi connectivity index (χ4n) is 4.60. The molecule has 9 heteroatoms. The molecule has 0 saturated carbocycles. The van der Waals surface area contributed by atoms with Crippen LogP contribution in [-0.2, 0) is 20.9 Å². The van der Waals surface area contributed by atoms with Crippen LogP contribution >= 0.6 is 0 Å². The van der Waals surface area contributed by atoms with E-state index < -0.39 is 24.2 Å². The molecule has 1 aliphatic carbocycles. The van der Waals surface area contributed by atoms with Gasteiger partial charge in [-0.2, -0.15) is 0 Å². The Morgan fingerprint density at radius 2 is 1.51 bits per heavy atom. The molecule has 0 spiro atoms. The van der Waals surface area contributed by atoms with Crippen LogP contribution in [0.2, 0.25) is 0 Å². The summed E-state index contributed by atoms with van der Waals surface area (Å²) in [5.74, 6) is -1.26. The number of carbonyl (C=O) groups excluding carboxylic acids is 2. The van der Waals surface area contributed by atoms with Crippen molar-refractivity contribution in [1.82, 2.24) is 10.6 Å².